The number of ether oxygens (including phenoxy) is 1. The van der Waals surface area contributed by atoms with E-state index in [9.17, 15) is 0 Å². The summed E-state index contributed by atoms with van der Waals surface area (Å²) in [6.07, 6.45) is 1.92. The predicted molar refractivity (Wildman–Crippen MR) is 127 cm³/mol. The fraction of sp³-hybridized carbons (Fsp3) is 0.292. The molecule has 5 rings (SSSR count). The van der Waals surface area contributed by atoms with Crippen LogP contribution in [0.2, 0.25) is 0 Å². The average Bonchev–Trinajstić information content (AvgIpc) is 3.25. The van der Waals surface area contributed by atoms with E-state index in [0.717, 1.165) is 43.2 Å². The van der Waals surface area contributed by atoms with Gasteiger partial charge in [-0.2, -0.15) is 0 Å². The molecule has 0 atom stereocenters. The molecule has 3 aromatic rings. The second-order valence-electron chi connectivity index (χ2n) is 8.21. The van der Waals surface area contributed by atoms with Gasteiger partial charge < -0.3 is 30.2 Å². The fourth-order valence-electron chi connectivity index (χ4n) is 4.24. The molecule has 0 aliphatic carbocycles. The minimum absolute atomic E-state index is 0.485. The summed E-state index contributed by atoms with van der Waals surface area (Å²) in [5.74, 6) is 2.27. The van der Waals surface area contributed by atoms with Crippen molar-refractivity contribution in [1.29, 1.82) is 0 Å². The quantitative estimate of drug-likeness (QED) is 0.639. The van der Waals surface area contributed by atoms with Gasteiger partial charge in [0.05, 0.1) is 5.56 Å². The zero-order valence-corrected chi connectivity index (χ0v) is 18.0. The normalized spacial score (nSPS) is 16.8. The number of hydrogen-bond acceptors (Lipinski definition) is 6. The van der Waals surface area contributed by atoms with Crippen molar-refractivity contribution in [2.24, 2.45) is 4.99 Å². The third-order valence-corrected chi connectivity index (χ3v) is 5.99. The van der Waals surface area contributed by atoms with Gasteiger partial charge in [-0.25, -0.2) is 4.99 Å². The highest BCUT2D eigenvalue weighted by molar-refractivity contribution is 6.02. The number of H-pyrrole nitrogens is 1. The van der Waals surface area contributed by atoms with E-state index in [-0.39, 0.29) is 0 Å². The standard InChI is InChI=1S/C24H28N6O/c1-17-14-19(6-7-22(17)29-12-10-28(2)11-13-29)30-16-27-24(21-8-9-26-23(21)30)31-20-5-3-4-18(25)15-20/h3-9,14-15,26H,10-13,16,25H2,1-2H3. The molecule has 3 N–H and O–H groups in total. The number of nitrogens with zero attached hydrogens (tertiary/aromatic N) is 4. The summed E-state index contributed by atoms with van der Waals surface area (Å²) in [4.78, 5) is 15.1. The minimum atomic E-state index is 0.485. The van der Waals surface area contributed by atoms with Crippen molar-refractivity contribution >= 4 is 28.8 Å². The number of nitrogens with one attached hydrogen (secondary N) is 1. The van der Waals surface area contributed by atoms with Crippen molar-refractivity contribution in [3.8, 4) is 5.75 Å². The predicted octanol–water partition coefficient (Wildman–Crippen LogP) is 3.59. The van der Waals surface area contributed by atoms with Crippen LogP contribution < -0.4 is 20.3 Å². The van der Waals surface area contributed by atoms with E-state index in [1.807, 2.05) is 36.5 Å². The molecule has 7 heteroatoms. The molecule has 160 valence electrons. The molecule has 2 aliphatic rings. The molecule has 1 saturated heterocycles. The number of fused-ring (bicyclic) bond motifs is 1. The molecular weight excluding hydrogens is 388 g/mol. The summed E-state index contributed by atoms with van der Waals surface area (Å²) in [5.41, 5.74) is 11.2. The summed E-state index contributed by atoms with van der Waals surface area (Å²) in [7, 11) is 2.18. The zero-order valence-electron chi connectivity index (χ0n) is 18.0. The van der Waals surface area contributed by atoms with E-state index in [0.29, 0.717) is 24.0 Å². The van der Waals surface area contributed by atoms with E-state index in [4.69, 9.17) is 15.5 Å². The maximum Gasteiger partial charge on any atom is 0.227 e. The molecule has 0 spiro atoms. The highest BCUT2D eigenvalue weighted by atomic mass is 16.5. The van der Waals surface area contributed by atoms with Gasteiger partial charge in [0.25, 0.3) is 0 Å². The Kier molecular flexibility index (Phi) is 5.03. The van der Waals surface area contributed by atoms with Gasteiger partial charge in [-0.1, -0.05) is 6.07 Å². The number of nitrogens with two attached hydrogens (primary N) is 1. The molecule has 0 bridgehead atoms. The van der Waals surface area contributed by atoms with Crippen molar-refractivity contribution in [3.05, 3.63) is 65.9 Å². The Bertz CT molecular complexity index is 1110. The number of aromatic nitrogens is 1. The van der Waals surface area contributed by atoms with Gasteiger partial charge in [0.15, 0.2) is 0 Å². The van der Waals surface area contributed by atoms with Crippen molar-refractivity contribution in [2.75, 3.05) is 55.4 Å². The van der Waals surface area contributed by atoms with Gasteiger partial charge in [-0.05, 0) is 55.9 Å². The molecule has 2 aliphatic heterocycles. The van der Waals surface area contributed by atoms with Gasteiger partial charge in [0, 0.05) is 55.5 Å². The first-order valence-corrected chi connectivity index (χ1v) is 10.7. The van der Waals surface area contributed by atoms with Crippen LogP contribution in [0.3, 0.4) is 0 Å². The highest BCUT2D eigenvalue weighted by Gasteiger charge is 2.25. The summed E-state index contributed by atoms with van der Waals surface area (Å²) < 4.78 is 6.05. The molecule has 0 amide bonds. The van der Waals surface area contributed by atoms with E-state index in [1.54, 1.807) is 0 Å². The summed E-state index contributed by atoms with van der Waals surface area (Å²) in [5, 5.41) is 0. The first-order valence-electron chi connectivity index (χ1n) is 10.7. The second-order valence-corrected chi connectivity index (χ2v) is 8.21. The van der Waals surface area contributed by atoms with Gasteiger partial charge >= 0.3 is 0 Å². The lowest BCUT2D eigenvalue weighted by atomic mass is 10.1. The number of anilines is 4. The fourth-order valence-corrected chi connectivity index (χ4v) is 4.24. The molecule has 2 aromatic carbocycles. The van der Waals surface area contributed by atoms with E-state index in [1.165, 1.54) is 11.3 Å². The first-order chi connectivity index (χ1) is 15.1. The number of benzene rings is 2. The number of hydrogen-bond donors (Lipinski definition) is 2. The van der Waals surface area contributed by atoms with E-state index < -0.39 is 0 Å². The summed E-state index contributed by atoms with van der Waals surface area (Å²) >= 11 is 0. The number of aliphatic imine (C=N–C) groups is 1. The Labute approximate surface area is 182 Å². The molecule has 7 nitrogen and oxygen atoms in total. The van der Waals surface area contributed by atoms with E-state index in [2.05, 4.69) is 51.9 Å². The number of nitrogen functional groups attached to an aromatic ring is 1. The number of likely N-dealkylation sites (N-methyl/N-ethyl adjacent to an activating group) is 1. The highest BCUT2D eigenvalue weighted by Crippen LogP contribution is 2.34. The number of piperazine rings is 1. The average molecular weight is 417 g/mol. The lowest BCUT2D eigenvalue weighted by Gasteiger charge is -2.35. The van der Waals surface area contributed by atoms with Crippen molar-refractivity contribution in [2.45, 2.75) is 6.92 Å². The Morgan fingerprint density at radius 2 is 1.87 bits per heavy atom. The van der Waals surface area contributed by atoms with Crippen LogP contribution in [0.1, 0.15) is 11.1 Å². The SMILES string of the molecule is Cc1cc(N2CN=C(Oc3cccc(N)c3)c3cc[nH]c32)ccc1N1CCN(C)CC1. The molecule has 0 unspecified atom stereocenters. The van der Waals surface area contributed by atoms with E-state index >= 15 is 0 Å². The molecule has 0 radical (unpaired) electrons. The maximum atomic E-state index is 6.05. The van der Waals surface area contributed by atoms with Crippen LogP contribution in [0.4, 0.5) is 22.9 Å². The zero-order chi connectivity index (χ0) is 21.4. The smallest absolute Gasteiger partial charge is 0.227 e. The van der Waals surface area contributed by atoms with Crippen molar-refractivity contribution in [3.63, 3.8) is 0 Å². The summed E-state index contributed by atoms with van der Waals surface area (Å²) in [6, 6.07) is 16.1. The summed E-state index contributed by atoms with van der Waals surface area (Å²) in [6.45, 7) is 7.01. The van der Waals surface area contributed by atoms with Gasteiger partial charge in [0.2, 0.25) is 5.90 Å². The molecule has 3 heterocycles. The van der Waals surface area contributed by atoms with Gasteiger partial charge in [0.1, 0.15) is 18.2 Å². The number of aryl methyl sites for hydroxylation is 1. The Hall–Kier alpha value is -3.45. The Morgan fingerprint density at radius 1 is 1.03 bits per heavy atom. The molecule has 31 heavy (non-hydrogen) atoms. The Balaban J connectivity index is 1.38. The molecule has 1 aromatic heterocycles. The van der Waals surface area contributed by atoms with Crippen LogP contribution in [0.15, 0.2) is 59.7 Å². The van der Waals surface area contributed by atoms with Crippen LogP contribution in [0.25, 0.3) is 0 Å². The minimum Gasteiger partial charge on any atom is -0.438 e. The molecule has 0 saturated carbocycles. The topological polar surface area (TPSA) is 73.1 Å². The third kappa shape index (κ3) is 3.84. The first kappa shape index (κ1) is 19.5. The monoisotopic (exact) mass is 416 g/mol. The third-order valence-electron chi connectivity index (χ3n) is 5.99. The Morgan fingerprint density at radius 3 is 2.65 bits per heavy atom. The lowest BCUT2D eigenvalue weighted by molar-refractivity contribution is 0.312. The van der Waals surface area contributed by atoms with Gasteiger partial charge in [-0.3, -0.25) is 0 Å². The maximum absolute atomic E-state index is 6.05. The second kappa shape index (κ2) is 8.00. The van der Waals surface area contributed by atoms with Gasteiger partial charge in [-0.15, -0.1) is 0 Å². The van der Waals surface area contributed by atoms with Crippen molar-refractivity contribution < 1.29 is 4.74 Å². The molecular formula is C24H28N6O. The van der Waals surface area contributed by atoms with Crippen LogP contribution in [0.5, 0.6) is 5.75 Å². The van der Waals surface area contributed by atoms with Crippen LogP contribution in [-0.2, 0) is 0 Å². The largest absolute Gasteiger partial charge is 0.438 e. The number of aromatic amines is 1. The molecule has 1 fully saturated rings. The lowest BCUT2D eigenvalue weighted by Crippen LogP contribution is -2.44. The van der Waals surface area contributed by atoms with Crippen LogP contribution >= 0.6 is 0 Å². The number of rotatable bonds is 3. The van der Waals surface area contributed by atoms with Crippen molar-refractivity contribution in [1.82, 2.24) is 9.88 Å². The van der Waals surface area contributed by atoms with Crippen LogP contribution in [-0.4, -0.2) is 55.7 Å². The van der Waals surface area contributed by atoms with Crippen LogP contribution in [0, 0.1) is 6.92 Å².